The van der Waals surface area contributed by atoms with Gasteiger partial charge in [0.05, 0.1) is 18.8 Å². The molecule has 0 spiro atoms. The first-order valence-corrected chi connectivity index (χ1v) is 10.3. The van der Waals surface area contributed by atoms with Gasteiger partial charge in [0.2, 0.25) is 0 Å². The molecule has 2 fully saturated rings. The molecule has 5 nitrogen and oxygen atoms in total. The molecule has 0 aromatic heterocycles. The summed E-state index contributed by atoms with van der Waals surface area (Å²) in [6, 6.07) is 8.77. The zero-order valence-electron chi connectivity index (χ0n) is 15.4. The molecule has 2 atom stereocenters. The second kappa shape index (κ2) is 8.92. The van der Waals surface area contributed by atoms with Crippen LogP contribution in [0.25, 0.3) is 0 Å². The first-order chi connectivity index (χ1) is 12.1. The number of hydrogen-bond donors (Lipinski definition) is 1. The van der Waals surface area contributed by atoms with Crippen molar-refractivity contribution in [3.05, 3.63) is 35.4 Å². The van der Waals surface area contributed by atoms with Gasteiger partial charge in [-0.3, -0.25) is 4.90 Å². The first kappa shape index (κ1) is 18.5. The molecule has 2 heterocycles. The Morgan fingerprint density at radius 3 is 2.36 bits per heavy atom. The second-order valence-corrected chi connectivity index (χ2v) is 8.27. The summed E-state index contributed by atoms with van der Waals surface area (Å²) in [6.07, 6.45) is 0.627. The van der Waals surface area contributed by atoms with Crippen molar-refractivity contribution in [2.24, 2.45) is 10.7 Å². The minimum Gasteiger partial charge on any atom is -0.373 e. The molecule has 2 aliphatic rings. The molecule has 6 heteroatoms. The zero-order chi connectivity index (χ0) is 17.6. The topological polar surface area (TPSA) is 54.1 Å². The molecule has 0 aliphatic carbocycles. The van der Waals surface area contributed by atoms with Crippen molar-refractivity contribution in [1.29, 1.82) is 0 Å². The van der Waals surface area contributed by atoms with Crippen molar-refractivity contribution >= 4 is 17.7 Å². The molecular weight excluding hydrogens is 332 g/mol. The number of thioether (sulfide) groups is 1. The molecule has 2 N–H and O–H groups in total. The number of morpholine rings is 1. The fraction of sp³-hybridized carbons (Fsp3) is 0.632. The predicted octanol–water partition coefficient (Wildman–Crippen LogP) is 2.16. The van der Waals surface area contributed by atoms with Gasteiger partial charge in [-0.05, 0) is 25.0 Å². The number of hydrogen-bond acceptors (Lipinski definition) is 4. The average Bonchev–Trinajstić information content (AvgIpc) is 2.61. The van der Waals surface area contributed by atoms with E-state index in [9.17, 15) is 0 Å². The number of nitrogens with zero attached hydrogens (tertiary/aromatic N) is 3. The Morgan fingerprint density at radius 1 is 1.12 bits per heavy atom. The Bertz CT molecular complexity index is 561. The zero-order valence-corrected chi connectivity index (χ0v) is 16.2. The van der Waals surface area contributed by atoms with E-state index in [0.29, 0.717) is 24.7 Å². The molecule has 138 valence electrons. The summed E-state index contributed by atoms with van der Waals surface area (Å²) in [6.45, 7) is 9.95. The van der Waals surface area contributed by atoms with Crippen LogP contribution in [0, 0.1) is 0 Å². The molecule has 3 rings (SSSR count). The summed E-state index contributed by atoms with van der Waals surface area (Å²) in [5, 5.41) is 0. The fourth-order valence-electron chi connectivity index (χ4n) is 3.49. The smallest absolute Gasteiger partial charge is 0.191 e. The molecule has 0 bridgehead atoms. The van der Waals surface area contributed by atoms with E-state index in [4.69, 9.17) is 10.5 Å². The highest BCUT2D eigenvalue weighted by Gasteiger charge is 2.21. The Kier molecular flexibility index (Phi) is 6.62. The monoisotopic (exact) mass is 362 g/mol. The molecule has 0 radical (unpaired) electrons. The van der Waals surface area contributed by atoms with Crippen LogP contribution in [0.2, 0.25) is 0 Å². The molecule has 25 heavy (non-hydrogen) atoms. The first-order valence-electron chi connectivity index (χ1n) is 9.18. The molecular formula is C19H30N4OS. The minimum absolute atomic E-state index is 0.313. The highest BCUT2D eigenvalue weighted by molar-refractivity contribution is 7.99. The van der Waals surface area contributed by atoms with Crippen LogP contribution in [-0.4, -0.2) is 65.7 Å². The van der Waals surface area contributed by atoms with Crippen LogP contribution < -0.4 is 5.73 Å². The van der Waals surface area contributed by atoms with Crippen molar-refractivity contribution in [3.8, 4) is 0 Å². The Labute approximate surface area is 155 Å². The van der Waals surface area contributed by atoms with E-state index in [2.05, 4.69) is 52.9 Å². The average molecular weight is 363 g/mol. The number of aliphatic imine (C=N–C) groups is 1. The number of nitrogens with two attached hydrogens (primary N) is 1. The van der Waals surface area contributed by atoms with Crippen molar-refractivity contribution < 1.29 is 4.74 Å². The van der Waals surface area contributed by atoms with Crippen molar-refractivity contribution in [2.75, 3.05) is 37.7 Å². The lowest BCUT2D eigenvalue weighted by atomic mass is 10.1. The molecule has 2 unspecified atom stereocenters. The van der Waals surface area contributed by atoms with Gasteiger partial charge < -0.3 is 15.4 Å². The van der Waals surface area contributed by atoms with Gasteiger partial charge in [-0.2, -0.15) is 11.8 Å². The molecule has 0 saturated carbocycles. The number of ether oxygens (including phenoxy) is 1. The normalized spacial score (nSPS) is 26.0. The maximum absolute atomic E-state index is 6.12. The van der Waals surface area contributed by atoms with Crippen LogP contribution in [0.3, 0.4) is 0 Å². The van der Waals surface area contributed by atoms with Gasteiger partial charge in [0.1, 0.15) is 0 Å². The third-order valence-corrected chi connectivity index (χ3v) is 5.63. The minimum atomic E-state index is 0.313. The van der Waals surface area contributed by atoms with Crippen molar-refractivity contribution in [3.63, 3.8) is 0 Å². The van der Waals surface area contributed by atoms with E-state index < -0.39 is 0 Å². The van der Waals surface area contributed by atoms with Gasteiger partial charge in [-0.1, -0.05) is 24.3 Å². The fourth-order valence-corrected chi connectivity index (χ4v) is 4.39. The maximum atomic E-state index is 6.12. The Balaban J connectivity index is 1.51. The van der Waals surface area contributed by atoms with Gasteiger partial charge in [0.15, 0.2) is 5.96 Å². The summed E-state index contributed by atoms with van der Waals surface area (Å²) in [7, 11) is 0. The number of guanidine groups is 1. The third-order valence-electron chi connectivity index (χ3n) is 4.68. The van der Waals surface area contributed by atoms with E-state index in [0.717, 1.165) is 44.2 Å². The quantitative estimate of drug-likeness (QED) is 0.657. The lowest BCUT2D eigenvalue weighted by molar-refractivity contribution is -0.0704. The van der Waals surface area contributed by atoms with Gasteiger partial charge in [-0.15, -0.1) is 0 Å². The van der Waals surface area contributed by atoms with Crippen molar-refractivity contribution in [2.45, 2.75) is 39.1 Å². The van der Waals surface area contributed by atoms with E-state index in [1.807, 2.05) is 11.8 Å². The van der Waals surface area contributed by atoms with E-state index in [-0.39, 0.29) is 0 Å². The van der Waals surface area contributed by atoms with Crippen LogP contribution in [0.4, 0.5) is 0 Å². The van der Waals surface area contributed by atoms with Gasteiger partial charge >= 0.3 is 0 Å². The van der Waals surface area contributed by atoms with Crippen LogP contribution in [0.5, 0.6) is 0 Å². The summed E-state index contributed by atoms with van der Waals surface area (Å²) in [5.41, 5.74) is 8.68. The van der Waals surface area contributed by atoms with E-state index >= 15 is 0 Å². The van der Waals surface area contributed by atoms with Gasteiger partial charge in [0, 0.05) is 44.2 Å². The van der Waals surface area contributed by atoms with Crippen molar-refractivity contribution in [1.82, 2.24) is 9.80 Å². The van der Waals surface area contributed by atoms with Crippen LogP contribution in [-0.2, 0) is 17.8 Å². The lowest BCUT2D eigenvalue weighted by Gasteiger charge is -2.35. The summed E-state index contributed by atoms with van der Waals surface area (Å²) in [5.74, 6) is 2.97. The molecule has 1 aromatic carbocycles. The molecule has 2 aliphatic heterocycles. The third kappa shape index (κ3) is 5.62. The van der Waals surface area contributed by atoms with Gasteiger partial charge in [0.25, 0.3) is 0 Å². The SMILES string of the molecule is CC1CN(Cc2ccc(CN=C(N)N3CCSCC3)cc2)CC(C)O1. The Hall–Kier alpha value is -1.24. The highest BCUT2D eigenvalue weighted by Crippen LogP contribution is 2.15. The van der Waals surface area contributed by atoms with E-state index in [1.165, 1.54) is 11.1 Å². The predicted molar refractivity (Wildman–Crippen MR) is 106 cm³/mol. The Morgan fingerprint density at radius 2 is 1.72 bits per heavy atom. The highest BCUT2D eigenvalue weighted by atomic mass is 32.2. The van der Waals surface area contributed by atoms with Crippen LogP contribution >= 0.6 is 11.8 Å². The molecule has 1 aromatic rings. The van der Waals surface area contributed by atoms with Crippen LogP contribution in [0.15, 0.2) is 29.3 Å². The number of benzene rings is 1. The number of rotatable bonds is 4. The van der Waals surface area contributed by atoms with Crippen LogP contribution in [0.1, 0.15) is 25.0 Å². The van der Waals surface area contributed by atoms with E-state index in [1.54, 1.807) is 0 Å². The standard InChI is InChI=1S/C19H30N4OS/c1-15-12-22(13-16(2)24-15)14-18-5-3-17(4-6-18)11-21-19(20)23-7-9-25-10-8-23/h3-6,15-16H,7-14H2,1-2H3,(H2,20,21). The molecule has 0 amide bonds. The summed E-state index contributed by atoms with van der Waals surface area (Å²) in [4.78, 5) is 9.22. The second-order valence-electron chi connectivity index (χ2n) is 7.04. The largest absolute Gasteiger partial charge is 0.373 e. The lowest BCUT2D eigenvalue weighted by Crippen LogP contribution is -2.44. The summed E-state index contributed by atoms with van der Waals surface area (Å²) < 4.78 is 5.80. The summed E-state index contributed by atoms with van der Waals surface area (Å²) >= 11 is 1.98. The molecule has 2 saturated heterocycles. The van der Waals surface area contributed by atoms with Gasteiger partial charge in [-0.25, -0.2) is 4.99 Å². The maximum Gasteiger partial charge on any atom is 0.191 e.